The first-order valence-corrected chi connectivity index (χ1v) is 9.63. The lowest BCUT2D eigenvalue weighted by atomic mass is 10.1. The van der Waals surface area contributed by atoms with Crippen LogP contribution in [0.2, 0.25) is 0 Å². The normalized spacial score (nSPS) is 10.7. The van der Waals surface area contributed by atoms with Crippen LogP contribution in [0.4, 0.5) is 0 Å². The molecule has 1 heterocycles. The van der Waals surface area contributed by atoms with E-state index in [-0.39, 0.29) is 5.91 Å². The Bertz CT molecular complexity index is 930. The third kappa shape index (κ3) is 3.93. The molecule has 1 aromatic heterocycles. The summed E-state index contributed by atoms with van der Waals surface area (Å²) < 4.78 is 7.14. The number of carbonyl (C=O) groups excluding carboxylic acids is 1. The molecule has 0 unspecified atom stereocenters. The average molecular weight is 377 g/mol. The van der Waals surface area contributed by atoms with Crippen molar-refractivity contribution in [2.75, 3.05) is 14.2 Å². The molecule has 2 aromatic carbocycles. The second-order valence-electron chi connectivity index (χ2n) is 6.73. The van der Waals surface area contributed by atoms with Crippen LogP contribution in [-0.2, 0) is 19.4 Å². The van der Waals surface area contributed by atoms with Crippen LogP contribution >= 0.6 is 0 Å². The molecule has 0 fully saturated rings. The highest BCUT2D eigenvalue weighted by molar-refractivity contribution is 5.96. The quantitative estimate of drug-likeness (QED) is 0.617. The molecule has 0 N–H and O–H groups in total. The van der Waals surface area contributed by atoms with E-state index < -0.39 is 0 Å². The number of ether oxygens (including phenoxy) is 1. The predicted molar refractivity (Wildman–Crippen MR) is 111 cm³/mol. The van der Waals surface area contributed by atoms with Gasteiger partial charge in [-0.1, -0.05) is 44.2 Å². The van der Waals surface area contributed by atoms with Gasteiger partial charge in [-0.15, -0.1) is 0 Å². The van der Waals surface area contributed by atoms with E-state index in [1.54, 1.807) is 12.0 Å². The van der Waals surface area contributed by atoms with Crippen LogP contribution in [0.1, 0.15) is 41.2 Å². The standard InChI is InChI=1S/C23H27N3O2/c1-5-20-22(23(27)25(3)16-17-10-8-7-9-11-17)21(6-2)26(24-20)18-12-14-19(28-4)15-13-18/h7-15H,5-6,16H2,1-4H3. The van der Waals surface area contributed by atoms with Gasteiger partial charge in [-0.3, -0.25) is 4.79 Å². The fraction of sp³-hybridized carbons (Fsp3) is 0.304. The van der Waals surface area contributed by atoms with Gasteiger partial charge in [-0.25, -0.2) is 4.68 Å². The molecule has 0 aliphatic carbocycles. The second-order valence-corrected chi connectivity index (χ2v) is 6.73. The average Bonchev–Trinajstić information content (AvgIpc) is 3.12. The Morgan fingerprint density at radius 1 is 1.04 bits per heavy atom. The maximum absolute atomic E-state index is 13.3. The van der Waals surface area contributed by atoms with E-state index in [1.807, 2.05) is 73.3 Å². The lowest BCUT2D eigenvalue weighted by Gasteiger charge is -2.18. The summed E-state index contributed by atoms with van der Waals surface area (Å²) in [4.78, 5) is 15.1. The summed E-state index contributed by atoms with van der Waals surface area (Å²) in [6, 6.07) is 17.8. The van der Waals surface area contributed by atoms with Gasteiger partial charge in [0, 0.05) is 13.6 Å². The number of nitrogens with zero attached hydrogens (tertiary/aromatic N) is 3. The van der Waals surface area contributed by atoms with Gasteiger partial charge in [0.2, 0.25) is 0 Å². The predicted octanol–water partition coefficient (Wildman–Crippen LogP) is 4.28. The zero-order valence-electron chi connectivity index (χ0n) is 17.0. The van der Waals surface area contributed by atoms with E-state index >= 15 is 0 Å². The molecule has 0 atom stereocenters. The Labute approximate surface area is 166 Å². The number of methoxy groups -OCH3 is 1. The summed E-state index contributed by atoms with van der Waals surface area (Å²) in [6.07, 6.45) is 1.43. The molecule has 3 rings (SSSR count). The number of amides is 1. The highest BCUT2D eigenvalue weighted by atomic mass is 16.5. The van der Waals surface area contributed by atoms with Crippen molar-refractivity contribution in [2.24, 2.45) is 0 Å². The fourth-order valence-electron chi connectivity index (χ4n) is 3.38. The second kappa shape index (κ2) is 8.74. The zero-order chi connectivity index (χ0) is 20.1. The van der Waals surface area contributed by atoms with E-state index in [0.29, 0.717) is 13.0 Å². The largest absolute Gasteiger partial charge is 0.497 e. The zero-order valence-corrected chi connectivity index (χ0v) is 17.0. The summed E-state index contributed by atoms with van der Waals surface area (Å²) in [7, 11) is 3.49. The summed E-state index contributed by atoms with van der Waals surface area (Å²) in [5.74, 6) is 0.806. The maximum atomic E-state index is 13.3. The summed E-state index contributed by atoms with van der Waals surface area (Å²) in [5, 5.41) is 4.76. The van der Waals surface area contributed by atoms with Gasteiger partial charge < -0.3 is 9.64 Å². The SMILES string of the molecule is CCc1nn(-c2ccc(OC)cc2)c(CC)c1C(=O)N(C)Cc1ccccc1. The first-order chi connectivity index (χ1) is 13.6. The van der Waals surface area contributed by atoms with Crippen LogP contribution in [0.15, 0.2) is 54.6 Å². The van der Waals surface area contributed by atoms with Crippen LogP contribution < -0.4 is 4.74 Å². The number of carbonyl (C=O) groups is 1. The molecule has 0 spiro atoms. The third-order valence-corrected chi connectivity index (χ3v) is 4.86. The van der Waals surface area contributed by atoms with E-state index in [2.05, 4.69) is 6.92 Å². The van der Waals surface area contributed by atoms with Crippen molar-refractivity contribution in [2.45, 2.75) is 33.2 Å². The number of benzene rings is 2. The Morgan fingerprint density at radius 2 is 1.71 bits per heavy atom. The van der Waals surface area contributed by atoms with Crippen LogP contribution in [-0.4, -0.2) is 34.7 Å². The minimum atomic E-state index is 0.0114. The van der Waals surface area contributed by atoms with Crippen molar-refractivity contribution in [1.29, 1.82) is 0 Å². The molecule has 5 heteroatoms. The highest BCUT2D eigenvalue weighted by Gasteiger charge is 2.25. The highest BCUT2D eigenvalue weighted by Crippen LogP contribution is 2.24. The van der Waals surface area contributed by atoms with Gasteiger partial charge in [-0.05, 0) is 42.7 Å². The minimum Gasteiger partial charge on any atom is -0.497 e. The molecule has 0 aliphatic rings. The molecule has 0 bridgehead atoms. The molecule has 0 aliphatic heterocycles. The van der Waals surface area contributed by atoms with Crippen LogP contribution in [0.3, 0.4) is 0 Å². The van der Waals surface area contributed by atoms with Gasteiger partial charge in [0.25, 0.3) is 5.91 Å². The van der Waals surface area contributed by atoms with Crippen molar-refractivity contribution in [3.05, 3.63) is 77.1 Å². The minimum absolute atomic E-state index is 0.0114. The third-order valence-electron chi connectivity index (χ3n) is 4.86. The lowest BCUT2D eigenvalue weighted by Crippen LogP contribution is -2.27. The topological polar surface area (TPSA) is 47.4 Å². The number of aryl methyl sites for hydroxylation is 1. The molecule has 0 radical (unpaired) electrons. The molecule has 3 aromatic rings. The van der Waals surface area contributed by atoms with E-state index in [0.717, 1.165) is 40.4 Å². The number of rotatable bonds is 7. The van der Waals surface area contributed by atoms with Gasteiger partial charge in [0.15, 0.2) is 0 Å². The first kappa shape index (κ1) is 19.7. The maximum Gasteiger partial charge on any atom is 0.257 e. The van der Waals surface area contributed by atoms with E-state index in [4.69, 9.17) is 9.84 Å². The Hall–Kier alpha value is -3.08. The molecule has 5 nitrogen and oxygen atoms in total. The molecule has 0 saturated heterocycles. The Kier molecular flexibility index (Phi) is 6.14. The van der Waals surface area contributed by atoms with Crippen molar-refractivity contribution >= 4 is 5.91 Å². The Morgan fingerprint density at radius 3 is 2.29 bits per heavy atom. The number of hydrogen-bond donors (Lipinski definition) is 0. The van der Waals surface area contributed by atoms with E-state index in [9.17, 15) is 4.79 Å². The summed E-state index contributed by atoms with van der Waals surface area (Å²) >= 11 is 0. The summed E-state index contributed by atoms with van der Waals surface area (Å²) in [5.41, 5.74) is 4.53. The van der Waals surface area contributed by atoms with Crippen molar-refractivity contribution < 1.29 is 9.53 Å². The van der Waals surface area contributed by atoms with Crippen LogP contribution in [0, 0.1) is 0 Å². The van der Waals surface area contributed by atoms with Gasteiger partial charge in [0.05, 0.1) is 29.7 Å². The van der Waals surface area contributed by atoms with Crippen LogP contribution in [0.5, 0.6) is 5.75 Å². The molecular formula is C23H27N3O2. The smallest absolute Gasteiger partial charge is 0.257 e. The lowest BCUT2D eigenvalue weighted by molar-refractivity contribution is 0.0783. The number of hydrogen-bond acceptors (Lipinski definition) is 3. The first-order valence-electron chi connectivity index (χ1n) is 9.63. The van der Waals surface area contributed by atoms with E-state index in [1.165, 1.54) is 0 Å². The van der Waals surface area contributed by atoms with Crippen LogP contribution in [0.25, 0.3) is 5.69 Å². The molecule has 0 saturated carbocycles. The van der Waals surface area contributed by atoms with Crippen molar-refractivity contribution in [3.63, 3.8) is 0 Å². The Balaban J connectivity index is 1.97. The van der Waals surface area contributed by atoms with Gasteiger partial charge in [0.1, 0.15) is 5.75 Å². The van der Waals surface area contributed by atoms with Crippen molar-refractivity contribution in [1.82, 2.24) is 14.7 Å². The van der Waals surface area contributed by atoms with Crippen molar-refractivity contribution in [3.8, 4) is 11.4 Å². The number of aromatic nitrogens is 2. The molecule has 1 amide bonds. The molecule has 146 valence electrons. The molecule has 28 heavy (non-hydrogen) atoms. The van der Waals surface area contributed by atoms with Gasteiger partial charge in [-0.2, -0.15) is 5.10 Å². The summed E-state index contributed by atoms with van der Waals surface area (Å²) in [6.45, 7) is 4.66. The fourth-order valence-corrected chi connectivity index (χ4v) is 3.38. The van der Waals surface area contributed by atoms with Gasteiger partial charge >= 0.3 is 0 Å². The monoisotopic (exact) mass is 377 g/mol. The molecular weight excluding hydrogens is 350 g/mol.